The van der Waals surface area contributed by atoms with Gasteiger partial charge in [-0.05, 0) is 42.5 Å². The van der Waals surface area contributed by atoms with E-state index in [0.29, 0.717) is 17.9 Å². The van der Waals surface area contributed by atoms with Crippen LogP contribution in [0.5, 0.6) is 0 Å². The van der Waals surface area contributed by atoms with Gasteiger partial charge in [0.25, 0.3) is 0 Å². The third kappa shape index (κ3) is 4.39. The molecule has 0 bridgehead atoms. The third-order valence-electron chi connectivity index (χ3n) is 3.34. The van der Waals surface area contributed by atoms with E-state index in [-0.39, 0.29) is 5.92 Å². The van der Waals surface area contributed by atoms with Gasteiger partial charge in [0.15, 0.2) is 0 Å². The number of carboxylic acids is 1. The van der Waals surface area contributed by atoms with Gasteiger partial charge in [-0.3, -0.25) is 4.79 Å². The molecule has 0 saturated carbocycles. The predicted octanol–water partition coefficient (Wildman–Crippen LogP) is 4.22. The average Bonchev–Trinajstić information content (AvgIpc) is 2.44. The lowest BCUT2D eigenvalue weighted by molar-refractivity contribution is -0.141. The highest BCUT2D eigenvalue weighted by molar-refractivity contribution is 6.30. The smallest absolute Gasteiger partial charge is 0.306 e. The van der Waals surface area contributed by atoms with Crippen LogP contribution >= 0.6 is 11.6 Å². The largest absolute Gasteiger partial charge is 0.481 e. The molecule has 2 nitrogen and oxygen atoms in total. The van der Waals surface area contributed by atoms with Crippen molar-refractivity contribution in [2.24, 2.45) is 5.92 Å². The van der Waals surface area contributed by atoms with Crippen molar-refractivity contribution < 1.29 is 9.90 Å². The molecule has 104 valence electrons. The maximum Gasteiger partial charge on any atom is 0.306 e. The molecule has 3 heteroatoms. The fourth-order valence-corrected chi connectivity index (χ4v) is 2.46. The van der Waals surface area contributed by atoms with Gasteiger partial charge in [-0.1, -0.05) is 54.1 Å². The van der Waals surface area contributed by atoms with Crippen LogP contribution in [-0.2, 0) is 17.6 Å². The van der Waals surface area contributed by atoms with Crippen LogP contribution < -0.4 is 0 Å². The van der Waals surface area contributed by atoms with Crippen molar-refractivity contribution in [2.75, 3.05) is 0 Å². The molecule has 0 aliphatic carbocycles. The molecule has 2 rings (SSSR count). The van der Waals surface area contributed by atoms with Crippen LogP contribution in [0.25, 0.3) is 0 Å². The summed E-state index contributed by atoms with van der Waals surface area (Å²) in [6, 6.07) is 17.4. The third-order valence-corrected chi connectivity index (χ3v) is 3.58. The topological polar surface area (TPSA) is 37.3 Å². The molecule has 0 aromatic heterocycles. The van der Waals surface area contributed by atoms with Gasteiger partial charge in [-0.25, -0.2) is 0 Å². The quantitative estimate of drug-likeness (QED) is 0.864. The monoisotopic (exact) mass is 288 g/mol. The highest BCUT2D eigenvalue weighted by Gasteiger charge is 2.18. The molecule has 1 N–H and O–H groups in total. The molecule has 0 saturated heterocycles. The Labute approximate surface area is 124 Å². The van der Waals surface area contributed by atoms with Crippen molar-refractivity contribution >= 4 is 17.6 Å². The second-order valence-corrected chi connectivity index (χ2v) is 5.33. The second kappa shape index (κ2) is 7.11. The number of hydrogen-bond acceptors (Lipinski definition) is 1. The SMILES string of the molecule is O=C(O)C(CCc1ccccc1)Cc1cccc(Cl)c1. The zero-order valence-electron chi connectivity index (χ0n) is 11.1. The maximum atomic E-state index is 11.4. The summed E-state index contributed by atoms with van der Waals surface area (Å²) in [6.45, 7) is 0. The average molecular weight is 289 g/mol. The molecule has 0 radical (unpaired) electrons. The standard InChI is InChI=1S/C17H17ClO2/c18-16-8-4-7-14(12-16)11-15(17(19)20)10-9-13-5-2-1-3-6-13/h1-8,12,15H,9-11H2,(H,19,20). The molecule has 2 aromatic carbocycles. The molecular formula is C17H17ClO2. The number of carboxylic acid groups (broad SMARTS) is 1. The lowest BCUT2D eigenvalue weighted by atomic mass is 9.93. The van der Waals surface area contributed by atoms with E-state index in [2.05, 4.69) is 0 Å². The van der Waals surface area contributed by atoms with Gasteiger partial charge in [-0.2, -0.15) is 0 Å². The minimum absolute atomic E-state index is 0.381. The molecule has 0 spiro atoms. The van der Waals surface area contributed by atoms with Crippen LogP contribution in [0.3, 0.4) is 0 Å². The summed E-state index contributed by atoms with van der Waals surface area (Å²) in [7, 11) is 0. The first-order valence-electron chi connectivity index (χ1n) is 6.66. The highest BCUT2D eigenvalue weighted by atomic mass is 35.5. The van der Waals surface area contributed by atoms with Crippen LogP contribution in [0.4, 0.5) is 0 Å². The molecule has 20 heavy (non-hydrogen) atoms. The van der Waals surface area contributed by atoms with Crippen molar-refractivity contribution in [1.82, 2.24) is 0 Å². The summed E-state index contributed by atoms with van der Waals surface area (Å²) in [4.78, 5) is 11.4. The molecule has 1 atom stereocenters. The maximum absolute atomic E-state index is 11.4. The summed E-state index contributed by atoms with van der Waals surface area (Å²) >= 11 is 5.93. The van der Waals surface area contributed by atoms with Crippen molar-refractivity contribution in [1.29, 1.82) is 0 Å². The number of aryl methyl sites for hydroxylation is 1. The molecule has 0 aliphatic rings. The number of aliphatic carboxylic acids is 1. The van der Waals surface area contributed by atoms with Gasteiger partial charge in [-0.15, -0.1) is 0 Å². The minimum Gasteiger partial charge on any atom is -0.481 e. The molecule has 1 unspecified atom stereocenters. The van der Waals surface area contributed by atoms with Gasteiger partial charge in [0.2, 0.25) is 0 Å². The number of benzene rings is 2. The van der Waals surface area contributed by atoms with E-state index in [1.807, 2.05) is 48.5 Å². The Balaban J connectivity index is 1.99. The molecule has 0 fully saturated rings. The summed E-state index contributed by atoms with van der Waals surface area (Å²) in [6.07, 6.45) is 1.92. The fraction of sp³-hybridized carbons (Fsp3) is 0.235. The number of hydrogen-bond donors (Lipinski definition) is 1. The van der Waals surface area contributed by atoms with Crippen LogP contribution in [0.2, 0.25) is 5.02 Å². The number of rotatable bonds is 6. The van der Waals surface area contributed by atoms with Gasteiger partial charge in [0.1, 0.15) is 0 Å². The molecule has 0 heterocycles. The first-order chi connectivity index (χ1) is 9.65. The Morgan fingerprint density at radius 2 is 1.75 bits per heavy atom. The van der Waals surface area contributed by atoms with Crippen LogP contribution in [-0.4, -0.2) is 11.1 Å². The Kier molecular flexibility index (Phi) is 5.19. The van der Waals surface area contributed by atoms with E-state index in [1.54, 1.807) is 6.07 Å². The molecule has 0 amide bonds. The van der Waals surface area contributed by atoms with E-state index in [1.165, 1.54) is 5.56 Å². The lowest BCUT2D eigenvalue weighted by Gasteiger charge is -2.12. The van der Waals surface area contributed by atoms with Crippen LogP contribution in [0, 0.1) is 5.92 Å². The highest BCUT2D eigenvalue weighted by Crippen LogP contribution is 2.18. The Hall–Kier alpha value is -1.80. The van der Waals surface area contributed by atoms with E-state index in [4.69, 9.17) is 11.6 Å². The minimum atomic E-state index is -0.749. The number of carbonyl (C=O) groups is 1. The van der Waals surface area contributed by atoms with Crippen LogP contribution in [0.1, 0.15) is 17.5 Å². The van der Waals surface area contributed by atoms with Crippen molar-refractivity contribution in [3.63, 3.8) is 0 Å². The van der Waals surface area contributed by atoms with Crippen molar-refractivity contribution in [3.8, 4) is 0 Å². The van der Waals surface area contributed by atoms with E-state index >= 15 is 0 Å². The zero-order valence-corrected chi connectivity index (χ0v) is 11.9. The van der Waals surface area contributed by atoms with Gasteiger partial charge >= 0.3 is 5.97 Å². The molecule has 2 aromatic rings. The van der Waals surface area contributed by atoms with Crippen molar-refractivity contribution in [2.45, 2.75) is 19.3 Å². The predicted molar refractivity (Wildman–Crippen MR) is 81.0 cm³/mol. The lowest BCUT2D eigenvalue weighted by Crippen LogP contribution is -2.17. The van der Waals surface area contributed by atoms with Gasteiger partial charge in [0, 0.05) is 5.02 Å². The Morgan fingerprint density at radius 1 is 1.05 bits per heavy atom. The Morgan fingerprint density at radius 3 is 2.40 bits per heavy atom. The van der Waals surface area contributed by atoms with Crippen molar-refractivity contribution in [3.05, 3.63) is 70.7 Å². The van der Waals surface area contributed by atoms with E-state index < -0.39 is 5.97 Å². The van der Waals surface area contributed by atoms with E-state index in [9.17, 15) is 9.90 Å². The second-order valence-electron chi connectivity index (χ2n) is 4.89. The first kappa shape index (κ1) is 14.6. The summed E-state index contributed by atoms with van der Waals surface area (Å²) < 4.78 is 0. The fourth-order valence-electron chi connectivity index (χ4n) is 2.25. The summed E-state index contributed by atoms with van der Waals surface area (Å²) in [5, 5.41) is 10.00. The number of halogens is 1. The Bertz CT molecular complexity index is 566. The summed E-state index contributed by atoms with van der Waals surface area (Å²) in [5.41, 5.74) is 2.14. The van der Waals surface area contributed by atoms with E-state index in [0.717, 1.165) is 12.0 Å². The van der Waals surface area contributed by atoms with Crippen LogP contribution in [0.15, 0.2) is 54.6 Å². The zero-order chi connectivity index (χ0) is 14.4. The molecule has 0 aliphatic heterocycles. The molecular weight excluding hydrogens is 272 g/mol. The first-order valence-corrected chi connectivity index (χ1v) is 7.04. The van der Waals surface area contributed by atoms with Gasteiger partial charge in [0.05, 0.1) is 5.92 Å². The normalized spacial score (nSPS) is 12.1. The van der Waals surface area contributed by atoms with Gasteiger partial charge < -0.3 is 5.11 Å². The summed E-state index contributed by atoms with van der Waals surface area (Å²) in [5.74, 6) is -1.13.